The van der Waals surface area contributed by atoms with Crippen molar-refractivity contribution >= 4 is 59.9 Å². The quantitative estimate of drug-likeness (QED) is 0.508. The predicted octanol–water partition coefficient (Wildman–Crippen LogP) is 4.44. The molecule has 0 saturated heterocycles. The van der Waals surface area contributed by atoms with Crippen molar-refractivity contribution in [3.8, 4) is 5.75 Å². The summed E-state index contributed by atoms with van der Waals surface area (Å²) < 4.78 is 2.45. The van der Waals surface area contributed by atoms with Gasteiger partial charge in [0.05, 0.1) is 6.21 Å². The average Bonchev–Trinajstić information content (AvgIpc) is 2.45. The third-order valence-electron chi connectivity index (χ3n) is 2.54. The van der Waals surface area contributed by atoms with Crippen LogP contribution in [0.4, 0.5) is 0 Å². The van der Waals surface area contributed by atoms with Crippen molar-refractivity contribution in [2.75, 3.05) is 0 Å². The van der Waals surface area contributed by atoms with Gasteiger partial charge in [-0.2, -0.15) is 5.10 Å². The molecule has 0 bridgehead atoms. The first-order valence-corrected chi connectivity index (χ1v) is 8.12. The van der Waals surface area contributed by atoms with Crippen molar-refractivity contribution in [2.24, 2.45) is 5.10 Å². The Hall–Kier alpha value is -1.18. The van der Waals surface area contributed by atoms with E-state index in [0.29, 0.717) is 11.1 Å². The number of hydrogen-bond donors (Lipinski definition) is 2. The van der Waals surface area contributed by atoms with E-state index < -0.39 is 0 Å². The number of aromatic hydroxyl groups is 1. The lowest BCUT2D eigenvalue weighted by Gasteiger charge is -2.02. The fraction of sp³-hybridized carbons (Fsp3) is 0. The molecule has 2 N–H and O–H groups in total. The van der Waals surface area contributed by atoms with Gasteiger partial charge in [0.2, 0.25) is 0 Å². The molecule has 7 heteroatoms. The smallest absolute Gasteiger partial charge is 0.271 e. The second-order valence-electron chi connectivity index (χ2n) is 4.03. The third kappa shape index (κ3) is 4.39. The van der Waals surface area contributed by atoms with Crippen molar-refractivity contribution in [3.05, 3.63) is 60.9 Å². The zero-order valence-corrected chi connectivity index (χ0v) is 15.2. The molecule has 0 saturated carbocycles. The Labute approximate surface area is 146 Å². The van der Waals surface area contributed by atoms with Crippen LogP contribution < -0.4 is 5.43 Å². The molecular weight excluding hydrogens is 468 g/mol. The minimum Gasteiger partial charge on any atom is -0.507 e. The first-order valence-electron chi connectivity index (χ1n) is 5.74. The lowest BCUT2D eigenvalue weighted by Crippen LogP contribution is -2.17. The van der Waals surface area contributed by atoms with Crippen LogP contribution in [0.25, 0.3) is 0 Å². The van der Waals surface area contributed by atoms with E-state index in [0.717, 1.165) is 13.4 Å². The highest BCUT2D eigenvalue weighted by atomic mass is 79.9. The number of amides is 1. The molecule has 0 spiro atoms. The van der Waals surface area contributed by atoms with E-state index in [2.05, 4.69) is 58.3 Å². The van der Waals surface area contributed by atoms with Crippen LogP contribution in [0.2, 0.25) is 0 Å². The monoisotopic (exact) mass is 474 g/mol. The molecule has 0 heterocycles. The Morgan fingerprint density at radius 3 is 2.57 bits per heavy atom. The minimum atomic E-state index is -0.339. The van der Waals surface area contributed by atoms with Crippen molar-refractivity contribution < 1.29 is 9.90 Å². The van der Waals surface area contributed by atoms with E-state index in [1.807, 2.05) is 0 Å². The maximum atomic E-state index is 11.9. The molecule has 0 fully saturated rings. The van der Waals surface area contributed by atoms with E-state index in [9.17, 15) is 9.90 Å². The van der Waals surface area contributed by atoms with Gasteiger partial charge in [0.1, 0.15) is 5.75 Å². The fourth-order valence-corrected chi connectivity index (χ4v) is 2.50. The summed E-state index contributed by atoms with van der Waals surface area (Å²) in [6.07, 6.45) is 1.38. The molecule has 0 aromatic heterocycles. The van der Waals surface area contributed by atoms with Gasteiger partial charge in [-0.1, -0.05) is 15.9 Å². The maximum Gasteiger partial charge on any atom is 0.271 e. The van der Waals surface area contributed by atoms with Gasteiger partial charge in [-0.05, 0) is 68.3 Å². The largest absolute Gasteiger partial charge is 0.507 e. The van der Waals surface area contributed by atoms with Crippen LogP contribution in [-0.2, 0) is 0 Å². The van der Waals surface area contributed by atoms with Crippen LogP contribution in [-0.4, -0.2) is 17.2 Å². The van der Waals surface area contributed by atoms with Crippen molar-refractivity contribution in [1.82, 2.24) is 5.43 Å². The SMILES string of the molecule is O=C(N/N=C/c1cc(Br)ccc1O)c1ccc(Br)c(Br)c1. The Bertz CT molecular complexity index is 717. The standard InChI is InChI=1S/C14H9Br3N2O2/c15-10-2-4-13(20)9(5-10)7-18-19-14(21)8-1-3-11(16)12(17)6-8/h1-7,20H,(H,19,21)/b18-7+. The molecule has 0 aliphatic heterocycles. The summed E-state index contributed by atoms with van der Waals surface area (Å²) in [5.74, 6) is -0.253. The van der Waals surface area contributed by atoms with Crippen molar-refractivity contribution in [1.29, 1.82) is 0 Å². The second kappa shape index (κ2) is 7.20. The molecule has 0 unspecified atom stereocenters. The Kier molecular flexibility index (Phi) is 5.55. The van der Waals surface area contributed by atoms with Crippen LogP contribution >= 0.6 is 47.8 Å². The highest BCUT2D eigenvalue weighted by Gasteiger charge is 2.06. The molecule has 2 rings (SSSR count). The zero-order valence-electron chi connectivity index (χ0n) is 10.5. The highest BCUT2D eigenvalue weighted by Crippen LogP contribution is 2.23. The van der Waals surface area contributed by atoms with Gasteiger partial charge in [0.25, 0.3) is 5.91 Å². The van der Waals surface area contributed by atoms with Gasteiger partial charge >= 0.3 is 0 Å². The molecule has 0 aliphatic carbocycles. The molecule has 4 nitrogen and oxygen atoms in total. The van der Waals surface area contributed by atoms with E-state index in [1.165, 1.54) is 6.21 Å². The van der Waals surface area contributed by atoms with E-state index in [-0.39, 0.29) is 11.7 Å². The summed E-state index contributed by atoms with van der Waals surface area (Å²) >= 11 is 9.97. The fourth-order valence-electron chi connectivity index (χ4n) is 1.49. The number of nitrogens with one attached hydrogen (secondary N) is 1. The molecule has 108 valence electrons. The predicted molar refractivity (Wildman–Crippen MR) is 92.7 cm³/mol. The summed E-state index contributed by atoms with van der Waals surface area (Å²) in [6, 6.07) is 10.1. The molecular formula is C14H9Br3N2O2. The number of phenolic OH excluding ortho intramolecular Hbond substituents is 1. The number of carbonyl (C=O) groups excluding carboxylic acids is 1. The number of hydrazone groups is 1. The Balaban J connectivity index is 2.08. The minimum absolute atomic E-state index is 0.0857. The van der Waals surface area contributed by atoms with Gasteiger partial charge in [-0.15, -0.1) is 0 Å². The first kappa shape index (κ1) is 16.2. The van der Waals surface area contributed by atoms with Gasteiger partial charge in [-0.25, -0.2) is 5.43 Å². The first-order chi connectivity index (χ1) is 9.97. The van der Waals surface area contributed by atoms with Gasteiger partial charge in [0.15, 0.2) is 0 Å². The van der Waals surface area contributed by atoms with Gasteiger partial charge < -0.3 is 5.11 Å². The molecule has 2 aromatic rings. The number of carbonyl (C=O) groups is 1. The third-order valence-corrected chi connectivity index (χ3v) is 4.91. The average molecular weight is 477 g/mol. The lowest BCUT2D eigenvalue weighted by molar-refractivity contribution is 0.0955. The normalized spacial score (nSPS) is 10.8. The summed E-state index contributed by atoms with van der Waals surface area (Å²) in [5.41, 5.74) is 3.38. The summed E-state index contributed by atoms with van der Waals surface area (Å²) in [6.45, 7) is 0. The number of phenols is 1. The zero-order chi connectivity index (χ0) is 15.4. The van der Waals surface area contributed by atoms with Gasteiger partial charge in [-0.3, -0.25) is 4.79 Å². The van der Waals surface area contributed by atoms with Crippen LogP contribution in [0.5, 0.6) is 5.75 Å². The van der Waals surface area contributed by atoms with Gasteiger partial charge in [0, 0.05) is 24.5 Å². The Morgan fingerprint density at radius 1 is 1.10 bits per heavy atom. The Morgan fingerprint density at radius 2 is 1.86 bits per heavy atom. The highest BCUT2D eigenvalue weighted by molar-refractivity contribution is 9.13. The number of rotatable bonds is 3. The summed E-state index contributed by atoms with van der Waals surface area (Å²) in [5, 5.41) is 13.5. The number of halogens is 3. The molecule has 0 aliphatic rings. The molecule has 0 atom stereocenters. The topological polar surface area (TPSA) is 61.7 Å². The molecule has 1 amide bonds. The maximum absolute atomic E-state index is 11.9. The van der Waals surface area contributed by atoms with E-state index in [1.54, 1.807) is 36.4 Å². The molecule has 0 radical (unpaired) electrons. The molecule has 2 aromatic carbocycles. The lowest BCUT2D eigenvalue weighted by atomic mass is 10.2. The van der Waals surface area contributed by atoms with Crippen LogP contribution in [0.15, 0.2) is 54.9 Å². The van der Waals surface area contributed by atoms with E-state index in [4.69, 9.17) is 0 Å². The number of benzene rings is 2. The van der Waals surface area contributed by atoms with Crippen LogP contribution in [0.1, 0.15) is 15.9 Å². The van der Waals surface area contributed by atoms with Crippen LogP contribution in [0.3, 0.4) is 0 Å². The number of nitrogens with zero attached hydrogens (tertiary/aromatic N) is 1. The number of hydrogen-bond acceptors (Lipinski definition) is 3. The summed E-state index contributed by atoms with van der Waals surface area (Å²) in [7, 11) is 0. The van der Waals surface area contributed by atoms with Crippen molar-refractivity contribution in [3.63, 3.8) is 0 Å². The molecule has 21 heavy (non-hydrogen) atoms. The summed E-state index contributed by atoms with van der Waals surface area (Å²) in [4.78, 5) is 11.9. The second-order valence-corrected chi connectivity index (χ2v) is 6.66. The van der Waals surface area contributed by atoms with E-state index >= 15 is 0 Å². The van der Waals surface area contributed by atoms with Crippen molar-refractivity contribution in [2.45, 2.75) is 0 Å². The van der Waals surface area contributed by atoms with Crippen LogP contribution in [0, 0.1) is 0 Å².